The van der Waals surface area contributed by atoms with Crippen LogP contribution in [-0.4, -0.2) is 43.9 Å². The minimum atomic E-state index is -4.77. The van der Waals surface area contributed by atoms with E-state index < -0.39 is 47.8 Å². The van der Waals surface area contributed by atoms with E-state index in [2.05, 4.69) is 17.0 Å². The van der Waals surface area contributed by atoms with Crippen molar-refractivity contribution in [2.75, 3.05) is 6.54 Å². The van der Waals surface area contributed by atoms with Crippen LogP contribution in [-0.2, 0) is 6.18 Å². The Morgan fingerprint density at radius 3 is 2.33 bits per heavy atom. The van der Waals surface area contributed by atoms with Crippen molar-refractivity contribution in [3.63, 3.8) is 0 Å². The summed E-state index contributed by atoms with van der Waals surface area (Å²) in [6.07, 6.45) is 2.34. The summed E-state index contributed by atoms with van der Waals surface area (Å²) in [4.78, 5) is 32.1. The average molecular weight is 527 g/mol. The standard InChI is InChI=1S/C26H34ClF3N4O2/c1-15(2)10-18(5)33(14-22(35)23-17(4)11-31-13-21(23)27)25(36)20-12-32-34(24(20)26(28,29)30)19-8-6-16(3)7-9-19/h11-13,15-16,18-19H,6-10,14H2,1-5H3. The van der Waals surface area contributed by atoms with Crippen molar-refractivity contribution in [3.05, 3.63) is 46.0 Å². The quantitative estimate of drug-likeness (QED) is 0.356. The van der Waals surface area contributed by atoms with Crippen LogP contribution in [0.25, 0.3) is 0 Å². The minimum absolute atomic E-state index is 0.138. The van der Waals surface area contributed by atoms with Gasteiger partial charge in [-0.1, -0.05) is 32.4 Å². The molecule has 0 saturated heterocycles. The lowest BCUT2D eigenvalue weighted by Gasteiger charge is -2.31. The maximum absolute atomic E-state index is 14.3. The van der Waals surface area contributed by atoms with Gasteiger partial charge in [-0.3, -0.25) is 19.3 Å². The molecule has 1 atom stereocenters. The van der Waals surface area contributed by atoms with Crippen LogP contribution in [0.1, 0.15) is 97.8 Å². The number of ketones is 1. The monoisotopic (exact) mass is 526 g/mol. The molecule has 0 bridgehead atoms. The minimum Gasteiger partial charge on any atom is -0.328 e. The van der Waals surface area contributed by atoms with Gasteiger partial charge >= 0.3 is 6.18 Å². The molecule has 198 valence electrons. The fourth-order valence-electron chi connectivity index (χ4n) is 5.08. The normalized spacial score (nSPS) is 19.4. The van der Waals surface area contributed by atoms with E-state index in [1.165, 1.54) is 17.3 Å². The van der Waals surface area contributed by atoms with Gasteiger partial charge in [-0.05, 0) is 63.4 Å². The van der Waals surface area contributed by atoms with Gasteiger partial charge < -0.3 is 4.90 Å². The number of rotatable bonds is 8. The molecule has 0 aromatic carbocycles. The van der Waals surface area contributed by atoms with Gasteiger partial charge in [0.15, 0.2) is 11.5 Å². The Kier molecular flexibility index (Phi) is 8.85. The molecular formula is C26H34ClF3N4O2. The number of nitrogens with zero attached hydrogens (tertiary/aromatic N) is 4. The van der Waals surface area contributed by atoms with E-state index in [0.717, 1.165) is 23.7 Å². The summed E-state index contributed by atoms with van der Waals surface area (Å²) in [5.41, 5.74) is -0.822. The van der Waals surface area contributed by atoms with Gasteiger partial charge in [0.1, 0.15) is 0 Å². The summed E-state index contributed by atoms with van der Waals surface area (Å²) in [5, 5.41) is 4.19. The lowest BCUT2D eigenvalue weighted by Crippen LogP contribution is -2.43. The van der Waals surface area contributed by atoms with E-state index in [0.29, 0.717) is 30.7 Å². The molecule has 1 aliphatic rings. The van der Waals surface area contributed by atoms with Crippen LogP contribution in [0.2, 0.25) is 5.02 Å². The Morgan fingerprint density at radius 2 is 1.78 bits per heavy atom. The van der Waals surface area contributed by atoms with Crippen LogP contribution in [0.15, 0.2) is 18.6 Å². The number of hydrogen-bond acceptors (Lipinski definition) is 4. The number of hydrogen-bond donors (Lipinski definition) is 0. The molecule has 6 nitrogen and oxygen atoms in total. The first-order chi connectivity index (χ1) is 16.8. The average Bonchev–Trinajstić information content (AvgIpc) is 3.23. The molecule has 1 amide bonds. The smallest absolute Gasteiger partial charge is 0.328 e. The summed E-state index contributed by atoms with van der Waals surface area (Å²) < 4.78 is 43.9. The molecule has 0 spiro atoms. The van der Waals surface area contributed by atoms with Crippen LogP contribution < -0.4 is 0 Å². The molecule has 1 fully saturated rings. The van der Waals surface area contributed by atoms with Crippen LogP contribution in [0.5, 0.6) is 0 Å². The van der Waals surface area contributed by atoms with Gasteiger partial charge in [-0.15, -0.1) is 0 Å². The number of pyridine rings is 1. The highest BCUT2D eigenvalue weighted by Crippen LogP contribution is 2.39. The third-order valence-electron chi connectivity index (χ3n) is 6.91. The SMILES string of the molecule is Cc1cncc(Cl)c1C(=O)CN(C(=O)c1cnn(C2CCC(C)CC2)c1C(F)(F)F)C(C)CC(C)C. The van der Waals surface area contributed by atoms with Gasteiger partial charge in [-0.2, -0.15) is 18.3 Å². The van der Waals surface area contributed by atoms with Crippen molar-refractivity contribution in [3.8, 4) is 0 Å². The summed E-state index contributed by atoms with van der Waals surface area (Å²) in [6, 6.07) is -0.900. The van der Waals surface area contributed by atoms with Crippen LogP contribution in [0.4, 0.5) is 13.2 Å². The Bertz CT molecular complexity index is 1070. The molecule has 3 rings (SSSR count). The number of carbonyl (C=O) groups excluding carboxylic acids is 2. The number of carbonyl (C=O) groups is 2. The van der Waals surface area contributed by atoms with E-state index in [-0.39, 0.29) is 16.5 Å². The number of aromatic nitrogens is 3. The highest BCUT2D eigenvalue weighted by molar-refractivity contribution is 6.34. The Morgan fingerprint density at radius 1 is 1.14 bits per heavy atom. The molecule has 1 aliphatic carbocycles. The zero-order valence-corrected chi connectivity index (χ0v) is 22.2. The molecule has 36 heavy (non-hydrogen) atoms. The second-order valence-corrected chi connectivity index (χ2v) is 10.8. The first-order valence-corrected chi connectivity index (χ1v) is 12.8. The number of amides is 1. The van der Waals surface area contributed by atoms with Crippen molar-refractivity contribution in [1.29, 1.82) is 0 Å². The third-order valence-corrected chi connectivity index (χ3v) is 7.20. The van der Waals surface area contributed by atoms with E-state index >= 15 is 0 Å². The third kappa shape index (κ3) is 6.28. The Balaban J connectivity index is 2.01. The molecule has 2 heterocycles. The molecule has 2 aromatic heterocycles. The summed E-state index contributed by atoms with van der Waals surface area (Å²) in [6.45, 7) is 9.00. The Hall–Kier alpha value is -2.42. The molecule has 1 saturated carbocycles. The second kappa shape index (κ2) is 11.3. The van der Waals surface area contributed by atoms with Crippen molar-refractivity contribution in [2.24, 2.45) is 11.8 Å². The summed E-state index contributed by atoms with van der Waals surface area (Å²) >= 11 is 6.20. The Labute approximate surface area is 215 Å². The molecule has 1 unspecified atom stereocenters. The summed E-state index contributed by atoms with van der Waals surface area (Å²) in [5.74, 6) is -0.701. The fourth-order valence-corrected chi connectivity index (χ4v) is 5.39. The zero-order valence-electron chi connectivity index (χ0n) is 21.4. The predicted octanol–water partition coefficient (Wildman–Crippen LogP) is 6.77. The summed E-state index contributed by atoms with van der Waals surface area (Å²) in [7, 11) is 0. The zero-order chi connectivity index (χ0) is 26.8. The number of halogens is 4. The topological polar surface area (TPSA) is 68.1 Å². The van der Waals surface area contributed by atoms with Crippen molar-refractivity contribution < 1.29 is 22.8 Å². The molecule has 0 N–H and O–H groups in total. The van der Waals surface area contributed by atoms with Gasteiger partial charge in [0.2, 0.25) is 0 Å². The van der Waals surface area contributed by atoms with E-state index in [4.69, 9.17) is 11.6 Å². The van der Waals surface area contributed by atoms with E-state index in [1.54, 1.807) is 13.8 Å². The van der Waals surface area contributed by atoms with Crippen LogP contribution in [0.3, 0.4) is 0 Å². The highest BCUT2D eigenvalue weighted by Gasteiger charge is 2.43. The molecule has 0 radical (unpaired) electrons. The second-order valence-electron chi connectivity index (χ2n) is 10.4. The maximum atomic E-state index is 14.3. The van der Waals surface area contributed by atoms with Crippen molar-refractivity contribution >= 4 is 23.3 Å². The maximum Gasteiger partial charge on any atom is 0.433 e. The molecular weight excluding hydrogens is 493 g/mol. The van der Waals surface area contributed by atoms with Gasteiger partial charge in [0.25, 0.3) is 5.91 Å². The molecule has 2 aromatic rings. The number of Topliss-reactive ketones (excluding diaryl/α,β-unsaturated/α-hetero) is 1. The first kappa shape index (κ1) is 28.2. The van der Waals surface area contributed by atoms with Crippen LogP contribution in [0, 0.1) is 18.8 Å². The number of aryl methyl sites for hydroxylation is 1. The predicted molar refractivity (Wildman–Crippen MR) is 132 cm³/mol. The van der Waals surface area contributed by atoms with Crippen LogP contribution >= 0.6 is 11.6 Å². The van der Waals surface area contributed by atoms with Gasteiger partial charge in [0, 0.05) is 24.0 Å². The van der Waals surface area contributed by atoms with Gasteiger partial charge in [0.05, 0.1) is 29.4 Å². The lowest BCUT2D eigenvalue weighted by atomic mass is 9.87. The lowest BCUT2D eigenvalue weighted by molar-refractivity contribution is -0.145. The molecule has 10 heteroatoms. The van der Waals surface area contributed by atoms with Crippen molar-refractivity contribution in [1.82, 2.24) is 19.7 Å². The first-order valence-electron chi connectivity index (χ1n) is 12.4. The van der Waals surface area contributed by atoms with E-state index in [9.17, 15) is 22.8 Å². The molecule has 0 aliphatic heterocycles. The van der Waals surface area contributed by atoms with Crippen molar-refractivity contribution in [2.45, 2.75) is 85.0 Å². The fraction of sp³-hybridized carbons (Fsp3) is 0.615. The number of alkyl halides is 3. The largest absolute Gasteiger partial charge is 0.433 e. The van der Waals surface area contributed by atoms with Gasteiger partial charge in [-0.25, -0.2) is 0 Å². The van der Waals surface area contributed by atoms with E-state index in [1.807, 2.05) is 13.8 Å². The highest BCUT2D eigenvalue weighted by atomic mass is 35.5.